The molecule has 0 atom stereocenters. The first kappa shape index (κ1) is 11.9. The molecule has 2 heterocycles. The third kappa shape index (κ3) is 2.76. The molecule has 7 heteroatoms. The van der Waals surface area contributed by atoms with Crippen LogP contribution < -0.4 is 5.56 Å². The highest BCUT2D eigenvalue weighted by Gasteiger charge is 2.05. The third-order valence-electron chi connectivity index (χ3n) is 2.23. The standard InChI is InChI=1S/C11H10N4O3/c16-9-6-8(11-12-3-1-4-13-11)7-14-15(9)5-2-10(17)18/h1,3-4,6-7H,2,5H2,(H,17,18). The van der Waals surface area contributed by atoms with E-state index >= 15 is 0 Å². The first-order valence-corrected chi connectivity index (χ1v) is 5.23. The van der Waals surface area contributed by atoms with E-state index < -0.39 is 5.97 Å². The van der Waals surface area contributed by atoms with Crippen molar-refractivity contribution in [1.82, 2.24) is 19.7 Å². The van der Waals surface area contributed by atoms with E-state index in [-0.39, 0.29) is 18.5 Å². The van der Waals surface area contributed by atoms with Gasteiger partial charge in [-0.3, -0.25) is 9.59 Å². The lowest BCUT2D eigenvalue weighted by Crippen LogP contribution is -2.23. The van der Waals surface area contributed by atoms with Crippen molar-refractivity contribution in [2.75, 3.05) is 0 Å². The molecule has 0 saturated heterocycles. The summed E-state index contributed by atoms with van der Waals surface area (Å²) in [6, 6.07) is 3.01. The molecule has 0 fully saturated rings. The van der Waals surface area contributed by atoms with E-state index in [1.165, 1.54) is 12.3 Å². The van der Waals surface area contributed by atoms with E-state index in [0.29, 0.717) is 11.4 Å². The Balaban J connectivity index is 2.25. The fraction of sp³-hybridized carbons (Fsp3) is 0.182. The Morgan fingerprint density at radius 1 is 1.33 bits per heavy atom. The Morgan fingerprint density at radius 3 is 2.67 bits per heavy atom. The predicted octanol–water partition coefficient (Wildman–Crippen LogP) is 0.175. The zero-order valence-corrected chi connectivity index (χ0v) is 9.35. The molecule has 0 aliphatic carbocycles. The van der Waals surface area contributed by atoms with Crippen LogP contribution in [0.5, 0.6) is 0 Å². The lowest BCUT2D eigenvalue weighted by atomic mass is 10.3. The molecule has 1 N–H and O–H groups in total. The maximum Gasteiger partial charge on any atom is 0.305 e. The van der Waals surface area contributed by atoms with Crippen LogP contribution in [0.4, 0.5) is 0 Å². The van der Waals surface area contributed by atoms with E-state index in [1.807, 2.05) is 0 Å². The number of hydrogen-bond acceptors (Lipinski definition) is 5. The molecule has 0 bridgehead atoms. The summed E-state index contributed by atoms with van der Waals surface area (Å²) in [5.41, 5.74) is 0.133. The van der Waals surface area contributed by atoms with Gasteiger partial charge in [-0.1, -0.05) is 0 Å². The third-order valence-corrected chi connectivity index (χ3v) is 2.23. The molecule has 92 valence electrons. The van der Waals surface area contributed by atoms with Crippen LogP contribution in [0.25, 0.3) is 11.4 Å². The average molecular weight is 246 g/mol. The van der Waals surface area contributed by atoms with Crippen LogP contribution >= 0.6 is 0 Å². The second-order valence-electron chi connectivity index (χ2n) is 3.52. The maximum atomic E-state index is 11.7. The van der Waals surface area contributed by atoms with Gasteiger partial charge in [0.1, 0.15) is 0 Å². The predicted molar refractivity (Wildman–Crippen MR) is 61.8 cm³/mol. The van der Waals surface area contributed by atoms with Crippen LogP contribution in [-0.4, -0.2) is 30.8 Å². The van der Waals surface area contributed by atoms with Crippen LogP contribution in [0.15, 0.2) is 35.5 Å². The van der Waals surface area contributed by atoms with Gasteiger partial charge in [-0.15, -0.1) is 0 Å². The number of rotatable bonds is 4. The monoisotopic (exact) mass is 246 g/mol. The minimum atomic E-state index is -0.973. The van der Waals surface area contributed by atoms with Crippen LogP contribution in [0, 0.1) is 0 Å². The highest BCUT2D eigenvalue weighted by Crippen LogP contribution is 2.08. The van der Waals surface area contributed by atoms with E-state index in [9.17, 15) is 9.59 Å². The minimum Gasteiger partial charge on any atom is -0.481 e. The topological polar surface area (TPSA) is 98.0 Å². The molecule has 0 aromatic carbocycles. The van der Waals surface area contributed by atoms with Crippen LogP contribution in [0.1, 0.15) is 6.42 Å². The van der Waals surface area contributed by atoms with Gasteiger partial charge in [-0.2, -0.15) is 5.10 Å². The number of hydrogen-bond donors (Lipinski definition) is 1. The first-order valence-electron chi connectivity index (χ1n) is 5.23. The molecular formula is C11H10N4O3. The van der Waals surface area contributed by atoms with Gasteiger partial charge in [-0.05, 0) is 6.07 Å². The number of aromatic nitrogens is 4. The van der Waals surface area contributed by atoms with Crippen LogP contribution in [0.3, 0.4) is 0 Å². The summed E-state index contributed by atoms with van der Waals surface area (Å²) in [5.74, 6) is -0.563. The number of aryl methyl sites for hydroxylation is 1. The molecule has 2 aromatic heterocycles. The molecule has 0 unspecified atom stereocenters. The van der Waals surface area contributed by atoms with Crippen LogP contribution in [0.2, 0.25) is 0 Å². The minimum absolute atomic E-state index is 0.0457. The van der Waals surface area contributed by atoms with Gasteiger partial charge in [0, 0.05) is 24.0 Å². The van der Waals surface area contributed by atoms with Crippen molar-refractivity contribution < 1.29 is 9.90 Å². The Bertz CT molecular complexity index is 609. The summed E-state index contributed by atoms with van der Waals surface area (Å²) in [5, 5.41) is 12.4. The zero-order chi connectivity index (χ0) is 13.0. The molecule has 2 aromatic rings. The van der Waals surface area contributed by atoms with Gasteiger partial charge >= 0.3 is 5.97 Å². The Kier molecular flexibility index (Phi) is 3.42. The van der Waals surface area contributed by atoms with E-state index in [0.717, 1.165) is 4.68 Å². The van der Waals surface area contributed by atoms with Gasteiger partial charge in [-0.25, -0.2) is 14.6 Å². The van der Waals surface area contributed by atoms with E-state index in [4.69, 9.17) is 5.11 Å². The fourth-order valence-corrected chi connectivity index (χ4v) is 1.37. The largest absolute Gasteiger partial charge is 0.481 e. The van der Waals surface area contributed by atoms with Gasteiger partial charge < -0.3 is 5.11 Å². The first-order chi connectivity index (χ1) is 8.66. The summed E-state index contributed by atoms with van der Waals surface area (Å²) >= 11 is 0. The molecule has 0 spiro atoms. The molecular weight excluding hydrogens is 236 g/mol. The number of carboxylic acids is 1. The molecule has 0 radical (unpaired) electrons. The van der Waals surface area contributed by atoms with Gasteiger partial charge in [0.25, 0.3) is 5.56 Å². The molecule has 0 amide bonds. The molecule has 7 nitrogen and oxygen atoms in total. The SMILES string of the molecule is O=C(O)CCn1ncc(-c2ncccn2)cc1=O. The fourth-order valence-electron chi connectivity index (χ4n) is 1.37. The quantitative estimate of drug-likeness (QED) is 0.826. The normalized spacial score (nSPS) is 10.2. The lowest BCUT2D eigenvalue weighted by Gasteiger charge is -2.03. The van der Waals surface area contributed by atoms with Crippen molar-refractivity contribution in [1.29, 1.82) is 0 Å². The highest BCUT2D eigenvalue weighted by atomic mass is 16.4. The molecule has 0 aliphatic rings. The summed E-state index contributed by atoms with van der Waals surface area (Å²) in [7, 11) is 0. The smallest absolute Gasteiger partial charge is 0.305 e. The summed E-state index contributed by atoms with van der Waals surface area (Å²) in [4.78, 5) is 30.1. The van der Waals surface area contributed by atoms with Crippen LogP contribution in [-0.2, 0) is 11.3 Å². The molecule has 18 heavy (non-hydrogen) atoms. The van der Waals surface area contributed by atoms with Gasteiger partial charge in [0.2, 0.25) is 0 Å². The molecule has 2 rings (SSSR count). The van der Waals surface area contributed by atoms with E-state index in [1.54, 1.807) is 18.5 Å². The zero-order valence-electron chi connectivity index (χ0n) is 9.35. The Hall–Kier alpha value is -2.57. The highest BCUT2D eigenvalue weighted by molar-refractivity contribution is 5.66. The number of nitrogens with zero attached hydrogens (tertiary/aromatic N) is 4. The van der Waals surface area contributed by atoms with Gasteiger partial charge in [0.15, 0.2) is 5.82 Å². The van der Waals surface area contributed by atoms with Crippen molar-refractivity contribution in [3.8, 4) is 11.4 Å². The summed E-state index contributed by atoms with van der Waals surface area (Å²) in [6.45, 7) is 0.0457. The number of carbonyl (C=O) groups is 1. The average Bonchev–Trinajstić information content (AvgIpc) is 2.38. The second-order valence-corrected chi connectivity index (χ2v) is 3.52. The van der Waals surface area contributed by atoms with E-state index in [2.05, 4.69) is 15.1 Å². The summed E-state index contributed by atoms with van der Waals surface area (Å²) in [6.07, 6.45) is 4.43. The molecule has 0 saturated carbocycles. The van der Waals surface area contributed by atoms with Crippen molar-refractivity contribution in [3.63, 3.8) is 0 Å². The second kappa shape index (κ2) is 5.17. The number of aliphatic carboxylic acids is 1. The number of carboxylic acid groups (broad SMARTS) is 1. The maximum absolute atomic E-state index is 11.7. The van der Waals surface area contributed by atoms with Crippen molar-refractivity contribution in [2.45, 2.75) is 13.0 Å². The molecule has 0 aliphatic heterocycles. The van der Waals surface area contributed by atoms with Crippen molar-refractivity contribution in [2.24, 2.45) is 0 Å². The Morgan fingerprint density at radius 2 is 2.06 bits per heavy atom. The summed E-state index contributed by atoms with van der Waals surface area (Å²) < 4.78 is 1.10. The Labute approximate surface area is 102 Å². The van der Waals surface area contributed by atoms with Crippen molar-refractivity contribution >= 4 is 5.97 Å². The van der Waals surface area contributed by atoms with Gasteiger partial charge in [0.05, 0.1) is 19.2 Å². The lowest BCUT2D eigenvalue weighted by molar-refractivity contribution is -0.137. The van der Waals surface area contributed by atoms with Crippen molar-refractivity contribution in [3.05, 3.63) is 41.1 Å².